The number of nitrogens with one attached hydrogen (secondary N) is 1. The molecule has 0 spiro atoms. The highest BCUT2D eigenvalue weighted by atomic mass is 16.6. The average Bonchev–Trinajstić information content (AvgIpc) is 3.48. The number of likely N-dealkylation sites (tertiary alicyclic amines) is 1. The molecule has 2 amide bonds. The molecule has 0 saturated carbocycles. The third kappa shape index (κ3) is 18.9. The summed E-state index contributed by atoms with van der Waals surface area (Å²) in [5.74, 6) is -2.12. The molecule has 46 heavy (non-hydrogen) atoms. The predicted octanol–water partition coefficient (Wildman–Crippen LogP) is 6.59. The molecule has 1 unspecified atom stereocenters. The van der Waals surface area contributed by atoms with E-state index in [0.29, 0.717) is 13.0 Å². The molecule has 0 aliphatic carbocycles. The Bertz CT molecular complexity index is 948. The quantitative estimate of drug-likeness (QED) is 0.0508. The lowest BCUT2D eigenvalue weighted by atomic mass is 9.86. The van der Waals surface area contributed by atoms with Gasteiger partial charge in [-0.1, -0.05) is 84.3 Å². The lowest BCUT2D eigenvalue weighted by Crippen LogP contribution is -2.49. The number of amides is 2. The highest BCUT2D eigenvalue weighted by Gasteiger charge is 2.39. The number of hydrogen-bond donors (Lipinski definition) is 1. The molecule has 1 aliphatic rings. The fourth-order valence-electron chi connectivity index (χ4n) is 5.57. The average molecular weight is 651 g/mol. The minimum Gasteiger partial charge on any atom is -0.465 e. The smallest absolute Gasteiger partial charge is 0.307 e. The van der Waals surface area contributed by atoms with Crippen molar-refractivity contribution in [2.45, 2.75) is 156 Å². The molecule has 1 saturated heterocycles. The van der Waals surface area contributed by atoms with E-state index in [9.17, 15) is 24.0 Å². The normalized spacial score (nSPS) is 15.5. The van der Waals surface area contributed by atoms with E-state index in [4.69, 9.17) is 14.2 Å². The molecule has 264 valence electrons. The van der Waals surface area contributed by atoms with Gasteiger partial charge in [-0.15, -0.1) is 0 Å². The van der Waals surface area contributed by atoms with Crippen LogP contribution in [-0.4, -0.2) is 73.1 Å². The zero-order valence-corrected chi connectivity index (χ0v) is 29.4. The standard InChI is InChI=1S/C36H62N2O8/c1-6-7-8-9-10-11-12-13-14-15-16-17-18-19-20-23-32(41)38-26-21-22-31(38)27-44-33(42)24-25-37-35(43)34(46-30(3)40)36(4,5)28-45-29(2)39/h13-14,31,34H,6-12,15-28H2,1-5H3,(H,37,43)/b14-13-/t31-,34?/m0/s1. The zero-order valence-electron chi connectivity index (χ0n) is 29.4. The van der Waals surface area contributed by atoms with Crippen molar-refractivity contribution in [3.63, 3.8) is 0 Å². The molecule has 2 atom stereocenters. The van der Waals surface area contributed by atoms with Gasteiger partial charge in [0.25, 0.3) is 5.91 Å². The fraction of sp³-hybridized carbons (Fsp3) is 0.806. The van der Waals surface area contributed by atoms with Crippen molar-refractivity contribution in [3.05, 3.63) is 12.2 Å². The predicted molar refractivity (Wildman–Crippen MR) is 179 cm³/mol. The van der Waals surface area contributed by atoms with E-state index in [0.717, 1.165) is 38.5 Å². The molecule has 0 bridgehead atoms. The topological polar surface area (TPSA) is 128 Å². The number of carbonyl (C=O) groups is 5. The summed E-state index contributed by atoms with van der Waals surface area (Å²) in [5, 5.41) is 2.60. The van der Waals surface area contributed by atoms with Crippen molar-refractivity contribution in [1.29, 1.82) is 0 Å². The number of rotatable bonds is 25. The van der Waals surface area contributed by atoms with Gasteiger partial charge in [0.2, 0.25) is 5.91 Å². The van der Waals surface area contributed by atoms with Gasteiger partial charge in [-0.25, -0.2) is 0 Å². The van der Waals surface area contributed by atoms with E-state index in [2.05, 4.69) is 24.4 Å². The van der Waals surface area contributed by atoms with Crippen LogP contribution in [0, 0.1) is 5.41 Å². The van der Waals surface area contributed by atoms with Gasteiger partial charge in [0.05, 0.1) is 12.5 Å². The number of carbonyl (C=O) groups excluding carboxylic acids is 5. The van der Waals surface area contributed by atoms with Gasteiger partial charge in [0, 0.05) is 38.8 Å². The number of allylic oxidation sites excluding steroid dienone is 2. The van der Waals surface area contributed by atoms with Crippen molar-refractivity contribution in [2.75, 3.05) is 26.3 Å². The molecule has 1 N–H and O–H groups in total. The Labute approximate surface area is 277 Å². The van der Waals surface area contributed by atoms with Crippen LogP contribution >= 0.6 is 0 Å². The van der Waals surface area contributed by atoms with Crippen LogP contribution in [0.15, 0.2) is 12.2 Å². The van der Waals surface area contributed by atoms with Crippen molar-refractivity contribution in [1.82, 2.24) is 10.2 Å². The zero-order chi connectivity index (χ0) is 34.2. The second-order valence-electron chi connectivity index (χ2n) is 13.2. The third-order valence-electron chi connectivity index (χ3n) is 8.29. The first-order valence-electron chi connectivity index (χ1n) is 17.7. The molecule has 10 heteroatoms. The Hall–Kier alpha value is -2.91. The van der Waals surface area contributed by atoms with Gasteiger partial charge < -0.3 is 24.4 Å². The number of esters is 3. The van der Waals surface area contributed by atoms with E-state index in [-0.39, 0.29) is 38.1 Å². The molecule has 10 nitrogen and oxygen atoms in total. The number of ether oxygens (including phenoxy) is 3. The van der Waals surface area contributed by atoms with Crippen LogP contribution in [0.5, 0.6) is 0 Å². The van der Waals surface area contributed by atoms with Crippen LogP contribution in [-0.2, 0) is 38.2 Å². The largest absolute Gasteiger partial charge is 0.465 e. The van der Waals surface area contributed by atoms with Gasteiger partial charge in [-0.2, -0.15) is 0 Å². The number of unbranched alkanes of at least 4 members (excludes halogenated alkanes) is 11. The first kappa shape index (κ1) is 41.1. The summed E-state index contributed by atoms with van der Waals surface area (Å²) in [6, 6.07) is -0.121. The Kier molecular flexibility index (Phi) is 21.7. The van der Waals surface area contributed by atoms with E-state index in [1.807, 2.05) is 4.90 Å². The van der Waals surface area contributed by atoms with Crippen LogP contribution in [0.25, 0.3) is 0 Å². The van der Waals surface area contributed by atoms with E-state index < -0.39 is 35.3 Å². The molecule has 0 aromatic carbocycles. The Balaban J connectivity index is 2.24. The maximum Gasteiger partial charge on any atom is 0.307 e. The number of nitrogens with zero attached hydrogens (tertiary/aromatic N) is 1. The van der Waals surface area contributed by atoms with Crippen LogP contribution < -0.4 is 5.32 Å². The van der Waals surface area contributed by atoms with Gasteiger partial charge in [-0.05, 0) is 44.9 Å². The van der Waals surface area contributed by atoms with E-state index in [1.165, 1.54) is 71.6 Å². The van der Waals surface area contributed by atoms with Crippen LogP contribution in [0.1, 0.15) is 144 Å². The van der Waals surface area contributed by atoms with Gasteiger partial charge in [0.15, 0.2) is 6.10 Å². The molecule has 1 heterocycles. The van der Waals surface area contributed by atoms with Gasteiger partial charge >= 0.3 is 17.9 Å². The van der Waals surface area contributed by atoms with Crippen LogP contribution in [0.2, 0.25) is 0 Å². The maximum absolute atomic E-state index is 12.9. The molecule has 1 aliphatic heterocycles. The Morgan fingerprint density at radius 3 is 2.04 bits per heavy atom. The Morgan fingerprint density at radius 2 is 1.43 bits per heavy atom. The summed E-state index contributed by atoms with van der Waals surface area (Å²) < 4.78 is 15.7. The molecule has 1 fully saturated rings. The molecule has 0 aromatic heterocycles. The van der Waals surface area contributed by atoms with E-state index >= 15 is 0 Å². The lowest BCUT2D eigenvalue weighted by Gasteiger charge is -2.31. The van der Waals surface area contributed by atoms with Crippen molar-refractivity contribution >= 4 is 29.7 Å². The van der Waals surface area contributed by atoms with Crippen LogP contribution in [0.3, 0.4) is 0 Å². The van der Waals surface area contributed by atoms with Crippen molar-refractivity contribution in [2.24, 2.45) is 5.41 Å². The molecule has 0 radical (unpaired) electrons. The third-order valence-corrected chi connectivity index (χ3v) is 8.29. The highest BCUT2D eigenvalue weighted by molar-refractivity contribution is 5.84. The first-order chi connectivity index (χ1) is 22.0. The monoisotopic (exact) mass is 650 g/mol. The molecular weight excluding hydrogens is 588 g/mol. The fourth-order valence-corrected chi connectivity index (χ4v) is 5.57. The van der Waals surface area contributed by atoms with E-state index in [1.54, 1.807) is 13.8 Å². The highest BCUT2D eigenvalue weighted by Crippen LogP contribution is 2.25. The first-order valence-corrected chi connectivity index (χ1v) is 17.7. The maximum atomic E-state index is 12.9. The van der Waals surface area contributed by atoms with Crippen LogP contribution in [0.4, 0.5) is 0 Å². The van der Waals surface area contributed by atoms with Crippen molar-refractivity contribution < 1.29 is 38.2 Å². The summed E-state index contributed by atoms with van der Waals surface area (Å²) in [7, 11) is 0. The summed E-state index contributed by atoms with van der Waals surface area (Å²) in [5.41, 5.74) is -0.982. The molecular formula is C36H62N2O8. The summed E-state index contributed by atoms with van der Waals surface area (Å²) in [6.45, 7) is 8.66. The lowest BCUT2D eigenvalue weighted by molar-refractivity contribution is -0.166. The van der Waals surface area contributed by atoms with Crippen molar-refractivity contribution in [3.8, 4) is 0 Å². The summed E-state index contributed by atoms with van der Waals surface area (Å²) >= 11 is 0. The second-order valence-corrected chi connectivity index (χ2v) is 13.2. The molecule has 1 rings (SSSR count). The minimum atomic E-state index is -1.21. The molecule has 0 aromatic rings. The second kappa shape index (κ2) is 24.3. The minimum absolute atomic E-state index is 0.0120. The summed E-state index contributed by atoms with van der Waals surface area (Å²) in [4.78, 5) is 62.6. The number of hydrogen-bond acceptors (Lipinski definition) is 8. The SMILES string of the molecule is CCCCCCCC/C=C\CCCCCCCC(=O)N1CCC[C@H]1COC(=O)CCNC(=O)C(OC(C)=O)C(C)(C)COC(C)=O. The van der Waals surface area contributed by atoms with Gasteiger partial charge in [0.1, 0.15) is 13.2 Å². The summed E-state index contributed by atoms with van der Waals surface area (Å²) in [6.07, 6.45) is 21.4. The Morgan fingerprint density at radius 1 is 0.826 bits per heavy atom. The van der Waals surface area contributed by atoms with Gasteiger partial charge in [-0.3, -0.25) is 24.0 Å².